The molecular weight excluding hydrogens is 460 g/mol. The first-order chi connectivity index (χ1) is 16.6. The second-order valence-corrected chi connectivity index (χ2v) is 11.9. The molecule has 0 saturated heterocycles. The first-order valence-electron chi connectivity index (χ1n) is 12.5. The number of nitrogens with zero attached hydrogens (tertiary/aromatic N) is 2. The first-order valence-corrected chi connectivity index (χ1v) is 14.5. The smallest absolute Gasteiger partial charge is 0.124 e. The van der Waals surface area contributed by atoms with E-state index in [0.717, 1.165) is 65.0 Å². The van der Waals surface area contributed by atoms with Crippen LogP contribution in [0.4, 0.5) is 5.00 Å². The molecule has 4 rings (SSSR count). The van der Waals surface area contributed by atoms with Crippen LogP contribution >= 0.6 is 11.3 Å². The molecule has 2 heterocycles. The maximum absolute atomic E-state index is 11.9. The van der Waals surface area contributed by atoms with Crippen LogP contribution in [-0.4, -0.2) is 29.2 Å². The van der Waals surface area contributed by atoms with E-state index in [-0.39, 0.29) is 0 Å². The average Bonchev–Trinajstić information content (AvgIpc) is 3.21. The molecule has 1 atom stereocenters. The molecule has 0 amide bonds. The molecule has 1 aliphatic carbocycles. The van der Waals surface area contributed by atoms with Crippen LogP contribution in [0.2, 0.25) is 0 Å². The molecule has 1 aliphatic heterocycles. The Morgan fingerprint density at radius 1 is 1.26 bits per heavy atom. The van der Waals surface area contributed by atoms with Crippen LogP contribution in [0.1, 0.15) is 67.0 Å². The Bertz CT molecular complexity index is 1060. The van der Waals surface area contributed by atoms with Crippen LogP contribution in [0, 0.1) is 17.2 Å². The summed E-state index contributed by atoms with van der Waals surface area (Å²) in [6.45, 7) is 5.32. The van der Waals surface area contributed by atoms with E-state index in [4.69, 9.17) is 0 Å². The minimum Gasteiger partial charge on any atom is -0.350 e. The van der Waals surface area contributed by atoms with Gasteiger partial charge in [-0.2, -0.15) is 5.26 Å². The normalized spacial score (nSPS) is 18.3. The number of hydrogen-bond acceptors (Lipinski definition) is 5. The molecule has 1 saturated carbocycles. The zero-order chi connectivity index (χ0) is 23.9. The van der Waals surface area contributed by atoms with Gasteiger partial charge in [0, 0.05) is 42.2 Å². The van der Waals surface area contributed by atoms with E-state index < -0.39 is 11.0 Å². The van der Waals surface area contributed by atoms with Gasteiger partial charge in [-0.1, -0.05) is 44.4 Å². The predicted molar refractivity (Wildman–Crippen MR) is 142 cm³/mol. The van der Waals surface area contributed by atoms with Crippen molar-refractivity contribution < 1.29 is 4.21 Å². The second kappa shape index (κ2) is 12.1. The van der Waals surface area contributed by atoms with E-state index in [1.165, 1.54) is 49.1 Å². The third-order valence-electron chi connectivity index (χ3n) is 6.92. The van der Waals surface area contributed by atoms with Gasteiger partial charge >= 0.3 is 0 Å². The van der Waals surface area contributed by atoms with Gasteiger partial charge in [0.15, 0.2) is 0 Å². The molecule has 0 bridgehead atoms. The van der Waals surface area contributed by atoms with E-state index in [1.54, 1.807) is 18.4 Å². The Morgan fingerprint density at radius 3 is 2.71 bits per heavy atom. The molecule has 34 heavy (non-hydrogen) atoms. The van der Waals surface area contributed by atoms with E-state index in [2.05, 4.69) is 34.0 Å². The van der Waals surface area contributed by atoms with Gasteiger partial charge in [0.05, 0.1) is 10.5 Å². The van der Waals surface area contributed by atoms with Crippen LogP contribution < -0.4 is 10.0 Å². The van der Waals surface area contributed by atoms with Crippen molar-refractivity contribution in [2.45, 2.75) is 69.7 Å². The maximum atomic E-state index is 11.9. The molecule has 2 aromatic rings. The molecule has 1 aromatic heterocycles. The Kier molecular flexibility index (Phi) is 8.96. The average molecular weight is 497 g/mol. The van der Waals surface area contributed by atoms with Gasteiger partial charge < -0.3 is 5.32 Å². The van der Waals surface area contributed by atoms with E-state index in [0.29, 0.717) is 0 Å². The lowest BCUT2D eigenvalue weighted by molar-refractivity contribution is 0.188. The molecular formula is C27H36N4OS2. The zero-order valence-electron chi connectivity index (χ0n) is 20.4. The largest absolute Gasteiger partial charge is 0.350 e. The van der Waals surface area contributed by atoms with Crippen molar-refractivity contribution in [3.8, 4) is 6.07 Å². The number of benzene rings is 1. The fraction of sp³-hybridized carbons (Fsp3) is 0.519. The van der Waals surface area contributed by atoms with Gasteiger partial charge in [0.25, 0.3) is 0 Å². The fourth-order valence-corrected chi connectivity index (χ4v) is 6.97. The molecule has 7 heteroatoms. The lowest BCUT2D eigenvalue weighted by Gasteiger charge is -2.32. The molecule has 1 unspecified atom stereocenters. The van der Waals surface area contributed by atoms with Crippen molar-refractivity contribution in [1.29, 1.82) is 5.26 Å². The molecule has 5 nitrogen and oxygen atoms in total. The Hall–Kier alpha value is -1.98. The number of thiophene rings is 1. The minimum absolute atomic E-state index is 0.752. The lowest BCUT2D eigenvalue weighted by Crippen LogP contribution is -2.34. The molecule has 1 fully saturated rings. The van der Waals surface area contributed by atoms with E-state index in [9.17, 15) is 9.47 Å². The van der Waals surface area contributed by atoms with Crippen molar-refractivity contribution in [2.24, 2.45) is 5.92 Å². The summed E-state index contributed by atoms with van der Waals surface area (Å²) >= 11 is 1.76. The summed E-state index contributed by atoms with van der Waals surface area (Å²) < 4.78 is 14.7. The van der Waals surface area contributed by atoms with Crippen LogP contribution in [0.25, 0.3) is 0 Å². The summed E-state index contributed by atoms with van der Waals surface area (Å²) in [5.41, 5.74) is 4.34. The van der Waals surface area contributed by atoms with Gasteiger partial charge in [-0.05, 0) is 56.3 Å². The van der Waals surface area contributed by atoms with Crippen LogP contribution in [0.3, 0.4) is 0 Å². The van der Waals surface area contributed by atoms with Crippen LogP contribution in [0.5, 0.6) is 0 Å². The predicted octanol–water partition coefficient (Wildman–Crippen LogP) is 5.75. The number of allylic oxidation sites excluding steroid dienone is 2. The number of nitriles is 1. The highest BCUT2D eigenvalue weighted by molar-refractivity contribution is 7.83. The number of fused-ring (bicyclic) bond motifs is 1. The van der Waals surface area contributed by atoms with Gasteiger partial charge in [-0.25, -0.2) is 8.93 Å². The summed E-state index contributed by atoms with van der Waals surface area (Å²) in [6, 6.07) is 10.4. The highest BCUT2D eigenvalue weighted by Crippen LogP contribution is 2.38. The first kappa shape index (κ1) is 25.1. The van der Waals surface area contributed by atoms with Crippen LogP contribution in [-0.2, 0) is 30.4 Å². The summed E-state index contributed by atoms with van der Waals surface area (Å²) in [4.78, 5) is 4.72. The Balaban J connectivity index is 1.46. The van der Waals surface area contributed by atoms with Crippen molar-refractivity contribution in [3.63, 3.8) is 0 Å². The standard InChI is InChI=1S/C27H36N4OS2/c1-3-7-22(16-20-10-12-23(13-11-20)34(32)29-2)30-27-24(17-28)25-19-31(15-14-26(25)33-27)18-21-8-5-4-6-9-21/h7,10-13,21,29-30H,3-6,8-9,14-16,18-19H2,1-2H3/b22-7-. The molecule has 0 radical (unpaired) electrons. The highest BCUT2D eigenvalue weighted by atomic mass is 32.2. The minimum atomic E-state index is -1.17. The molecule has 182 valence electrons. The molecule has 2 aliphatic rings. The molecule has 2 N–H and O–H groups in total. The highest BCUT2D eigenvalue weighted by Gasteiger charge is 2.27. The Labute approximate surface area is 210 Å². The molecule has 0 spiro atoms. The summed E-state index contributed by atoms with van der Waals surface area (Å²) in [5, 5.41) is 14.7. The second-order valence-electron chi connectivity index (χ2n) is 9.37. The van der Waals surface area contributed by atoms with Crippen molar-refractivity contribution in [2.75, 3.05) is 25.5 Å². The van der Waals surface area contributed by atoms with Gasteiger partial charge in [0.1, 0.15) is 22.1 Å². The number of rotatable bonds is 9. The summed E-state index contributed by atoms with van der Waals surface area (Å²) in [6.07, 6.45) is 11.8. The van der Waals surface area contributed by atoms with Crippen molar-refractivity contribution in [1.82, 2.24) is 9.62 Å². The van der Waals surface area contributed by atoms with Gasteiger partial charge in [0.2, 0.25) is 0 Å². The lowest BCUT2D eigenvalue weighted by atomic mass is 9.88. The van der Waals surface area contributed by atoms with Crippen molar-refractivity contribution in [3.05, 3.63) is 57.6 Å². The number of hydrogen-bond donors (Lipinski definition) is 2. The monoisotopic (exact) mass is 496 g/mol. The van der Waals surface area contributed by atoms with E-state index >= 15 is 0 Å². The van der Waals surface area contributed by atoms with Crippen LogP contribution in [0.15, 0.2) is 40.9 Å². The summed E-state index contributed by atoms with van der Waals surface area (Å²) in [5.74, 6) is 0.827. The van der Waals surface area contributed by atoms with Crippen molar-refractivity contribution >= 4 is 27.3 Å². The summed E-state index contributed by atoms with van der Waals surface area (Å²) in [7, 11) is 0.522. The van der Waals surface area contributed by atoms with E-state index in [1.807, 2.05) is 24.3 Å². The topological polar surface area (TPSA) is 68.2 Å². The quantitative estimate of drug-likeness (QED) is 0.464. The SMILES string of the molecule is CC/C=C(/Cc1ccc(S(=O)NC)cc1)Nc1sc2c(c1C#N)CN(CC1CCCCC1)CC2. The third-order valence-corrected chi connectivity index (χ3v) is 9.20. The maximum Gasteiger partial charge on any atom is 0.124 e. The zero-order valence-corrected chi connectivity index (χ0v) is 22.0. The third kappa shape index (κ3) is 6.17. The van der Waals surface area contributed by atoms with Gasteiger partial charge in [-0.3, -0.25) is 4.90 Å². The number of anilines is 1. The Morgan fingerprint density at radius 2 is 2.03 bits per heavy atom. The number of nitrogens with one attached hydrogen (secondary N) is 2. The fourth-order valence-electron chi connectivity index (χ4n) is 5.17. The molecule has 1 aromatic carbocycles. The van der Waals surface area contributed by atoms with Gasteiger partial charge in [-0.15, -0.1) is 11.3 Å².